The van der Waals surface area contributed by atoms with Crippen LogP contribution in [0.25, 0.3) is 0 Å². The Morgan fingerprint density at radius 3 is 3.00 bits per heavy atom. The normalized spacial score (nSPS) is 27.2. The predicted molar refractivity (Wildman–Crippen MR) is 85.5 cm³/mol. The summed E-state index contributed by atoms with van der Waals surface area (Å²) in [4.78, 5) is 12.2. The van der Waals surface area contributed by atoms with Crippen molar-refractivity contribution in [2.24, 2.45) is 17.8 Å². The largest absolute Gasteiger partial charge is 0.383 e. The summed E-state index contributed by atoms with van der Waals surface area (Å²) in [6, 6.07) is 0. The third-order valence-corrected chi connectivity index (χ3v) is 5.70. The van der Waals surface area contributed by atoms with Crippen LogP contribution in [0.5, 0.6) is 0 Å². The van der Waals surface area contributed by atoms with Crippen molar-refractivity contribution in [3.05, 3.63) is 21.0 Å². The molecule has 3 atom stereocenters. The number of nitrogens with zero attached hydrogens (tertiary/aromatic N) is 2. The van der Waals surface area contributed by atoms with Crippen LogP contribution in [0.4, 0.5) is 5.69 Å². The van der Waals surface area contributed by atoms with Gasteiger partial charge in [0.15, 0.2) is 0 Å². The standard InChI is InChI=1S/C15H22BrN3O2/c1-21-5-4-19-15(20)14(16)13(9-18-19)17-8-12-7-10-2-3-11(12)6-10/h9-12,17H,2-8H2,1H3. The molecule has 1 N–H and O–H groups in total. The molecule has 116 valence electrons. The van der Waals surface area contributed by atoms with Crippen LogP contribution >= 0.6 is 15.9 Å². The van der Waals surface area contributed by atoms with Crippen LogP contribution in [0.15, 0.2) is 15.5 Å². The summed E-state index contributed by atoms with van der Waals surface area (Å²) in [5.74, 6) is 2.59. The molecule has 1 heterocycles. The fraction of sp³-hybridized carbons (Fsp3) is 0.733. The highest BCUT2D eigenvalue weighted by atomic mass is 79.9. The van der Waals surface area contributed by atoms with Crippen molar-refractivity contribution in [3.63, 3.8) is 0 Å². The first kappa shape index (κ1) is 15.0. The van der Waals surface area contributed by atoms with E-state index in [0.29, 0.717) is 17.6 Å². The minimum Gasteiger partial charge on any atom is -0.383 e. The van der Waals surface area contributed by atoms with Gasteiger partial charge in [-0.3, -0.25) is 4.79 Å². The second-order valence-corrected chi connectivity index (χ2v) is 7.00. The lowest BCUT2D eigenvalue weighted by atomic mass is 9.89. The first-order chi connectivity index (χ1) is 10.2. The maximum absolute atomic E-state index is 12.2. The summed E-state index contributed by atoms with van der Waals surface area (Å²) in [5.41, 5.74) is 0.696. The number of halogens is 1. The number of hydrogen-bond acceptors (Lipinski definition) is 4. The van der Waals surface area contributed by atoms with E-state index in [1.165, 1.54) is 30.4 Å². The maximum atomic E-state index is 12.2. The van der Waals surface area contributed by atoms with Crippen molar-refractivity contribution in [1.29, 1.82) is 0 Å². The Bertz CT molecular complexity index is 560. The van der Waals surface area contributed by atoms with Crippen molar-refractivity contribution in [1.82, 2.24) is 9.78 Å². The van der Waals surface area contributed by atoms with Gasteiger partial charge in [0.2, 0.25) is 0 Å². The number of anilines is 1. The van der Waals surface area contributed by atoms with E-state index in [9.17, 15) is 4.79 Å². The maximum Gasteiger partial charge on any atom is 0.283 e. The zero-order chi connectivity index (χ0) is 14.8. The molecule has 1 aromatic rings. The third kappa shape index (κ3) is 3.16. The number of hydrogen-bond donors (Lipinski definition) is 1. The summed E-state index contributed by atoms with van der Waals surface area (Å²) in [5, 5.41) is 7.61. The van der Waals surface area contributed by atoms with Gasteiger partial charge >= 0.3 is 0 Å². The van der Waals surface area contributed by atoms with Crippen LogP contribution in [0.1, 0.15) is 25.7 Å². The number of rotatable bonds is 6. The van der Waals surface area contributed by atoms with Gasteiger partial charge in [0.25, 0.3) is 5.56 Å². The molecule has 6 heteroatoms. The van der Waals surface area contributed by atoms with Crippen LogP contribution in [0.2, 0.25) is 0 Å². The first-order valence-corrected chi connectivity index (χ1v) is 8.46. The van der Waals surface area contributed by atoms with Crippen molar-refractivity contribution < 1.29 is 4.74 Å². The second kappa shape index (κ2) is 6.48. The van der Waals surface area contributed by atoms with Crippen LogP contribution in [0, 0.1) is 17.8 Å². The summed E-state index contributed by atoms with van der Waals surface area (Å²) >= 11 is 3.40. The lowest BCUT2D eigenvalue weighted by Crippen LogP contribution is -2.27. The summed E-state index contributed by atoms with van der Waals surface area (Å²) in [7, 11) is 1.62. The Morgan fingerprint density at radius 2 is 2.33 bits per heavy atom. The molecule has 0 aliphatic heterocycles. The Labute approximate surface area is 133 Å². The number of aromatic nitrogens is 2. The molecule has 21 heavy (non-hydrogen) atoms. The molecule has 0 aromatic carbocycles. The number of ether oxygens (including phenoxy) is 1. The molecule has 2 aliphatic carbocycles. The highest BCUT2D eigenvalue weighted by Crippen LogP contribution is 2.48. The molecule has 5 nitrogen and oxygen atoms in total. The highest BCUT2D eigenvalue weighted by Gasteiger charge is 2.39. The van der Waals surface area contributed by atoms with Crippen molar-refractivity contribution in [3.8, 4) is 0 Å². The van der Waals surface area contributed by atoms with Crippen LogP contribution < -0.4 is 10.9 Å². The van der Waals surface area contributed by atoms with E-state index in [4.69, 9.17) is 4.74 Å². The summed E-state index contributed by atoms with van der Waals surface area (Å²) < 4.78 is 6.98. The second-order valence-electron chi connectivity index (χ2n) is 6.21. The lowest BCUT2D eigenvalue weighted by Gasteiger charge is -2.22. The third-order valence-electron chi connectivity index (χ3n) is 4.93. The van der Waals surface area contributed by atoms with Gasteiger partial charge in [0.05, 0.1) is 25.0 Å². The molecular formula is C15H22BrN3O2. The Kier molecular flexibility index (Phi) is 4.64. The highest BCUT2D eigenvalue weighted by molar-refractivity contribution is 9.10. The molecule has 0 spiro atoms. The molecule has 0 amide bonds. The Morgan fingerprint density at radius 1 is 1.48 bits per heavy atom. The van der Waals surface area contributed by atoms with E-state index in [1.54, 1.807) is 13.3 Å². The molecule has 2 bridgehead atoms. The van der Waals surface area contributed by atoms with E-state index in [0.717, 1.165) is 30.0 Å². The smallest absolute Gasteiger partial charge is 0.283 e. The minimum absolute atomic E-state index is 0.106. The molecule has 1 aromatic heterocycles. The van der Waals surface area contributed by atoms with Crippen molar-refractivity contribution in [2.45, 2.75) is 32.2 Å². The van der Waals surface area contributed by atoms with Gasteiger partial charge in [-0.1, -0.05) is 6.42 Å². The monoisotopic (exact) mass is 355 g/mol. The molecule has 2 fully saturated rings. The SMILES string of the molecule is COCCn1ncc(NCC2CC3CCC2C3)c(Br)c1=O. The average Bonchev–Trinajstić information content (AvgIpc) is 3.10. The number of nitrogens with one attached hydrogen (secondary N) is 1. The molecule has 0 radical (unpaired) electrons. The first-order valence-electron chi connectivity index (χ1n) is 7.67. The molecule has 0 saturated heterocycles. The van der Waals surface area contributed by atoms with E-state index in [-0.39, 0.29) is 5.56 Å². The summed E-state index contributed by atoms with van der Waals surface area (Å²) in [6.07, 6.45) is 7.28. The van der Waals surface area contributed by atoms with Crippen LogP contribution in [0.3, 0.4) is 0 Å². The summed E-state index contributed by atoms with van der Waals surface area (Å²) in [6.45, 7) is 1.90. The van der Waals surface area contributed by atoms with Crippen molar-refractivity contribution in [2.75, 3.05) is 25.6 Å². The zero-order valence-electron chi connectivity index (χ0n) is 12.3. The fourth-order valence-corrected chi connectivity index (χ4v) is 4.24. The Hall–Kier alpha value is -0.880. The van der Waals surface area contributed by atoms with Gasteiger partial charge in [0.1, 0.15) is 4.47 Å². The lowest BCUT2D eigenvalue weighted by molar-refractivity contribution is 0.181. The topological polar surface area (TPSA) is 56.1 Å². The molecule has 2 aliphatic rings. The van der Waals surface area contributed by atoms with Gasteiger partial charge in [-0.25, -0.2) is 4.68 Å². The van der Waals surface area contributed by atoms with E-state index in [2.05, 4.69) is 26.3 Å². The zero-order valence-corrected chi connectivity index (χ0v) is 13.9. The van der Waals surface area contributed by atoms with E-state index < -0.39 is 0 Å². The number of fused-ring (bicyclic) bond motifs is 2. The van der Waals surface area contributed by atoms with Crippen LogP contribution in [-0.2, 0) is 11.3 Å². The van der Waals surface area contributed by atoms with E-state index in [1.807, 2.05) is 0 Å². The van der Waals surface area contributed by atoms with Gasteiger partial charge in [-0.2, -0.15) is 5.10 Å². The quantitative estimate of drug-likeness (QED) is 0.851. The molecular weight excluding hydrogens is 334 g/mol. The van der Waals surface area contributed by atoms with Gasteiger partial charge < -0.3 is 10.1 Å². The van der Waals surface area contributed by atoms with Gasteiger partial charge in [0, 0.05) is 13.7 Å². The van der Waals surface area contributed by atoms with Gasteiger partial charge in [-0.15, -0.1) is 0 Å². The fourth-order valence-electron chi connectivity index (χ4n) is 3.79. The predicted octanol–water partition coefficient (Wildman–Crippen LogP) is 2.50. The number of methoxy groups -OCH3 is 1. The van der Waals surface area contributed by atoms with Crippen LogP contribution in [-0.4, -0.2) is 30.0 Å². The molecule has 3 unspecified atom stereocenters. The average molecular weight is 356 g/mol. The van der Waals surface area contributed by atoms with Crippen molar-refractivity contribution >= 4 is 21.6 Å². The Balaban J connectivity index is 1.63. The molecule has 3 rings (SSSR count). The molecule has 2 saturated carbocycles. The van der Waals surface area contributed by atoms with Gasteiger partial charge in [-0.05, 0) is 52.9 Å². The minimum atomic E-state index is -0.106. The van der Waals surface area contributed by atoms with E-state index >= 15 is 0 Å².